The number of anilines is 1. The van der Waals surface area contributed by atoms with E-state index < -0.39 is 0 Å². The summed E-state index contributed by atoms with van der Waals surface area (Å²) in [6, 6.07) is 7.56. The topological polar surface area (TPSA) is 73.2 Å². The van der Waals surface area contributed by atoms with Crippen molar-refractivity contribution in [1.82, 2.24) is 9.55 Å². The molecule has 146 valence electrons. The van der Waals surface area contributed by atoms with Gasteiger partial charge in [0.15, 0.2) is 0 Å². The SMILES string of the molecule is COCc1cccc(NC(=O)CCn2cnc3sc4c(c3c2=O)CCCC4)c1. The lowest BCUT2D eigenvalue weighted by atomic mass is 9.97. The van der Waals surface area contributed by atoms with E-state index in [-0.39, 0.29) is 17.9 Å². The number of nitrogens with one attached hydrogen (secondary N) is 1. The Morgan fingerprint density at radius 3 is 3.04 bits per heavy atom. The fraction of sp³-hybridized carbons (Fsp3) is 0.381. The molecule has 0 aliphatic heterocycles. The molecule has 28 heavy (non-hydrogen) atoms. The Bertz CT molecular complexity index is 1070. The molecule has 3 aromatic rings. The predicted octanol–water partition coefficient (Wildman–Crippen LogP) is 3.51. The second kappa shape index (κ2) is 8.24. The minimum absolute atomic E-state index is 0.0284. The van der Waals surface area contributed by atoms with Gasteiger partial charge in [-0.15, -0.1) is 11.3 Å². The Kier molecular flexibility index (Phi) is 5.54. The summed E-state index contributed by atoms with van der Waals surface area (Å²) in [5.74, 6) is -0.131. The number of methoxy groups -OCH3 is 1. The van der Waals surface area contributed by atoms with Crippen LogP contribution in [0.3, 0.4) is 0 Å². The molecule has 0 fully saturated rings. The summed E-state index contributed by atoms with van der Waals surface area (Å²) in [5.41, 5.74) is 2.87. The molecule has 0 bridgehead atoms. The summed E-state index contributed by atoms with van der Waals surface area (Å²) >= 11 is 1.64. The van der Waals surface area contributed by atoms with Crippen molar-refractivity contribution in [2.75, 3.05) is 12.4 Å². The van der Waals surface area contributed by atoms with Gasteiger partial charge in [0, 0.05) is 30.6 Å². The number of aryl methyl sites for hydroxylation is 3. The normalized spacial score (nSPS) is 13.5. The van der Waals surface area contributed by atoms with Crippen molar-refractivity contribution >= 4 is 33.1 Å². The molecule has 7 heteroatoms. The van der Waals surface area contributed by atoms with Crippen LogP contribution >= 0.6 is 11.3 Å². The predicted molar refractivity (Wildman–Crippen MR) is 111 cm³/mol. The van der Waals surface area contributed by atoms with Crippen molar-refractivity contribution in [2.45, 2.75) is 45.3 Å². The molecule has 2 aromatic heterocycles. The maximum Gasteiger partial charge on any atom is 0.262 e. The highest BCUT2D eigenvalue weighted by Gasteiger charge is 2.20. The van der Waals surface area contributed by atoms with Crippen molar-refractivity contribution in [3.8, 4) is 0 Å². The minimum Gasteiger partial charge on any atom is -0.380 e. The highest BCUT2D eigenvalue weighted by atomic mass is 32.1. The van der Waals surface area contributed by atoms with E-state index in [0.29, 0.717) is 13.2 Å². The zero-order valence-electron chi connectivity index (χ0n) is 15.9. The van der Waals surface area contributed by atoms with Crippen LogP contribution in [0.2, 0.25) is 0 Å². The van der Waals surface area contributed by atoms with Crippen LogP contribution in [0.1, 0.15) is 35.3 Å². The molecule has 0 saturated heterocycles. The van der Waals surface area contributed by atoms with E-state index in [9.17, 15) is 9.59 Å². The van der Waals surface area contributed by atoms with Crippen molar-refractivity contribution in [1.29, 1.82) is 0 Å². The summed E-state index contributed by atoms with van der Waals surface area (Å²) in [4.78, 5) is 31.9. The van der Waals surface area contributed by atoms with E-state index in [2.05, 4.69) is 10.3 Å². The fourth-order valence-corrected chi connectivity index (χ4v) is 4.91. The zero-order chi connectivity index (χ0) is 19.5. The number of aromatic nitrogens is 2. The molecule has 6 nitrogen and oxygen atoms in total. The molecule has 1 aliphatic carbocycles. The molecular formula is C21H23N3O3S. The number of fused-ring (bicyclic) bond motifs is 3. The Hall–Kier alpha value is -2.51. The number of nitrogens with zero attached hydrogens (tertiary/aromatic N) is 2. The number of rotatable bonds is 6. The molecule has 0 saturated carbocycles. The van der Waals surface area contributed by atoms with Gasteiger partial charge >= 0.3 is 0 Å². The lowest BCUT2D eigenvalue weighted by molar-refractivity contribution is -0.116. The Morgan fingerprint density at radius 1 is 1.32 bits per heavy atom. The number of hydrogen-bond donors (Lipinski definition) is 1. The van der Waals surface area contributed by atoms with E-state index >= 15 is 0 Å². The van der Waals surface area contributed by atoms with Gasteiger partial charge in [-0.1, -0.05) is 12.1 Å². The third-order valence-electron chi connectivity index (χ3n) is 5.04. The minimum atomic E-state index is -0.131. The van der Waals surface area contributed by atoms with E-state index in [0.717, 1.165) is 40.7 Å². The van der Waals surface area contributed by atoms with Gasteiger partial charge in [-0.3, -0.25) is 14.2 Å². The Labute approximate surface area is 167 Å². The summed E-state index contributed by atoms with van der Waals surface area (Å²) in [5, 5.41) is 3.64. The summed E-state index contributed by atoms with van der Waals surface area (Å²) in [6.45, 7) is 0.811. The van der Waals surface area contributed by atoms with Crippen molar-refractivity contribution in [3.05, 3.63) is 57.0 Å². The molecular weight excluding hydrogens is 374 g/mol. The molecule has 0 radical (unpaired) electrons. The number of ether oxygens (including phenoxy) is 1. The van der Waals surface area contributed by atoms with Gasteiger partial charge in [-0.25, -0.2) is 4.98 Å². The van der Waals surface area contributed by atoms with Gasteiger partial charge in [0.25, 0.3) is 5.56 Å². The number of carbonyl (C=O) groups is 1. The number of hydrogen-bond acceptors (Lipinski definition) is 5. The molecule has 1 aromatic carbocycles. The standard InChI is InChI=1S/C21H23N3O3S/c1-27-12-14-5-4-6-15(11-14)23-18(25)9-10-24-13-22-20-19(21(24)26)16-7-2-3-8-17(16)28-20/h4-6,11,13H,2-3,7-10,12H2,1H3,(H,23,25). The molecule has 0 unspecified atom stereocenters. The first-order valence-electron chi connectivity index (χ1n) is 9.53. The third-order valence-corrected chi connectivity index (χ3v) is 6.24. The van der Waals surface area contributed by atoms with E-state index in [1.165, 1.54) is 16.9 Å². The highest BCUT2D eigenvalue weighted by Crippen LogP contribution is 2.33. The van der Waals surface area contributed by atoms with Crippen molar-refractivity contribution in [3.63, 3.8) is 0 Å². The van der Waals surface area contributed by atoms with Gasteiger partial charge < -0.3 is 10.1 Å². The average molecular weight is 398 g/mol. The van der Waals surface area contributed by atoms with Gasteiger partial charge in [0.2, 0.25) is 5.91 Å². The number of thiophene rings is 1. The van der Waals surface area contributed by atoms with Crippen LogP contribution in [0.5, 0.6) is 0 Å². The van der Waals surface area contributed by atoms with E-state index in [4.69, 9.17) is 4.74 Å². The molecule has 4 rings (SSSR count). The van der Waals surface area contributed by atoms with Gasteiger partial charge in [-0.05, 0) is 48.9 Å². The summed E-state index contributed by atoms with van der Waals surface area (Å²) < 4.78 is 6.68. The number of carbonyl (C=O) groups excluding carboxylic acids is 1. The molecule has 1 amide bonds. The quantitative estimate of drug-likeness (QED) is 0.691. The zero-order valence-corrected chi connectivity index (χ0v) is 16.7. The third kappa shape index (κ3) is 3.86. The lowest BCUT2D eigenvalue weighted by Gasteiger charge is -2.11. The Balaban J connectivity index is 1.46. The summed E-state index contributed by atoms with van der Waals surface area (Å²) in [6.07, 6.45) is 6.08. The molecule has 2 heterocycles. The second-order valence-electron chi connectivity index (χ2n) is 7.07. The largest absolute Gasteiger partial charge is 0.380 e. The summed E-state index contributed by atoms with van der Waals surface area (Å²) in [7, 11) is 1.64. The first-order valence-corrected chi connectivity index (χ1v) is 10.3. The van der Waals surface area contributed by atoms with Gasteiger partial charge in [0.05, 0.1) is 18.3 Å². The maximum absolute atomic E-state index is 12.9. The number of amides is 1. The van der Waals surface area contributed by atoms with E-state index in [1.54, 1.807) is 29.3 Å². The van der Waals surface area contributed by atoms with Gasteiger partial charge in [0.1, 0.15) is 4.83 Å². The van der Waals surface area contributed by atoms with Crippen LogP contribution in [0.4, 0.5) is 5.69 Å². The Morgan fingerprint density at radius 2 is 2.18 bits per heavy atom. The molecule has 1 aliphatic rings. The smallest absolute Gasteiger partial charge is 0.262 e. The highest BCUT2D eigenvalue weighted by molar-refractivity contribution is 7.18. The fourth-order valence-electron chi connectivity index (χ4n) is 3.69. The van der Waals surface area contributed by atoms with Gasteiger partial charge in [-0.2, -0.15) is 0 Å². The first kappa shape index (κ1) is 18.8. The lowest BCUT2D eigenvalue weighted by Crippen LogP contribution is -2.24. The van der Waals surface area contributed by atoms with Crippen LogP contribution in [0.15, 0.2) is 35.4 Å². The molecule has 0 spiro atoms. The van der Waals surface area contributed by atoms with Crippen LogP contribution < -0.4 is 10.9 Å². The molecule has 0 atom stereocenters. The van der Waals surface area contributed by atoms with Crippen LogP contribution in [-0.4, -0.2) is 22.6 Å². The average Bonchev–Trinajstić information content (AvgIpc) is 3.07. The monoisotopic (exact) mass is 397 g/mol. The van der Waals surface area contributed by atoms with Crippen LogP contribution in [0.25, 0.3) is 10.2 Å². The number of benzene rings is 1. The first-order chi connectivity index (χ1) is 13.7. The van der Waals surface area contributed by atoms with Crippen molar-refractivity contribution in [2.24, 2.45) is 0 Å². The van der Waals surface area contributed by atoms with Crippen LogP contribution in [-0.2, 0) is 35.5 Å². The van der Waals surface area contributed by atoms with Crippen LogP contribution in [0, 0.1) is 0 Å². The molecule has 1 N–H and O–H groups in total. The van der Waals surface area contributed by atoms with Crippen molar-refractivity contribution < 1.29 is 9.53 Å². The van der Waals surface area contributed by atoms with E-state index in [1.807, 2.05) is 24.3 Å². The maximum atomic E-state index is 12.9. The second-order valence-corrected chi connectivity index (χ2v) is 8.15.